The minimum Gasteiger partial charge on any atom is -0.508 e. The maximum absolute atomic E-state index is 11.8. The lowest BCUT2D eigenvalue weighted by molar-refractivity contribution is 0.0449. The number of aliphatic hydroxyl groups is 1. The smallest absolute Gasteiger partial charge is 0.255 e. The van der Waals surface area contributed by atoms with Crippen LogP contribution in [0.5, 0.6) is 11.5 Å². The van der Waals surface area contributed by atoms with Crippen LogP contribution in [0.2, 0.25) is 0 Å². The van der Waals surface area contributed by atoms with Crippen molar-refractivity contribution in [3.63, 3.8) is 0 Å². The predicted molar refractivity (Wildman–Crippen MR) is 65.5 cm³/mol. The van der Waals surface area contributed by atoms with E-state index in [1.165, 1.54) is 12.1 Å². The number of aromatic hydroxyl groups is 2. The van der Waals surface area contributed by atoms with Gasteiger partial charge in [-0.2, -0.15) is 0 Å². The van der Waals surface area contributed by atoms with Gasteiger partial charge in [-0.15, -0.1) is 0 Å². The minimum atomic E-state index is -0.817. The lowest BCUT2D eigenvalue weighted by atomic mass is 10.0. The minimum absolute atomic E-state index is 0.0920. The highest BCUT2D eigenvalue weighted by atomic mass is 16.3. The third-order valence-corrected chi connectivity index (χ3v) is 3.34. The second kappa shape index (κ2) is 4.86. The van der Waals surface area contributed by atoms with Gasteiger partial charge < -0.3 is 20.6 Å². The zero-order chi connectivity index (χ0) is 13.2. The molecular weight excluding hydrogens is 234 g/mol. The molecule has 1 fully saturated rings. The molecule has 0 saturated heterocycles. The van der Waals surface area contributed by atoms with Gasteiger partial charge in [0.2, 0.25) is 0 Å². The van der Waals surface area contributed by atoms with E-state index in [9.17, 15) is 15.0 Å². The number of nitrogens with one attached hydrogen (secondary N) is 1. The second-order valence-electron chi connectivity index (χ2n) is 4.82. The molecule has 2 rings (SSSR count). The highest BCUT2D eigenvalue weighted by Crippen LogP contribution is 2.29. The normalized spacial score (nSPS) is 17.6. The number of phenolic OH excluding ortho intramolecular Hbond substituents is 2. The van der Waals surface area contributed by atoms with Crippen LogP contribution in [0.3, 0.4) is 0 Å². The first-order valence-electron chi connectivity index (χ1n) is 6.03. The molecule has 0 aliphatic heterocycles. The molecule has 1 saturated carbocycles. The van der Waals surface area contributed by atoms with Crippen LogP contribution in [0.15, 0.2) is 18.2 Å². The topological polar surface area (TPSA) is 89.8 Å². The fraction of sp³-hybridized carbons (Fsp3) is 0.462. The average Bonchev–Trinajstić information content (AvgIpc) is 2.74. The summed E-state index contributed by atoms with van der Waals surface area (Å²) in [6.07, 6.45) is 3.32. The standard InChI is InChI=1S/C13H17NO4/c15-9-3-4-10(11(16)7-9)12(17)14-8-13(18)5-1-2-6-13/h3-4,7,15-16,18H,1-2,5-6,8H2,(H,14,17). The molecule has 5 heteroatoms. The number of benzene rings is 1. The Hall–Kier alpha value is -1.75. The molecule has 0 spiro atoms. The quantitative estimate of drug-likeness (QED) is 0.648. The lowest BCUT2D eigenvalue weighted by Crippen LogP contribution is -2.40. The number of carbonyl (C=O) groups excluding carboxylic acids is 1. The Morgan fingerprint density at radius 3 is 2.56 bits per heavy atom. The molecule has 18 heavy (non-hydrogen) atoms. The summed E-state index contributed by atoms with van der Waals surface area (Å²) in [5.74, 6) is -0.822. The highest BCUT2D eigenvalue weighted by molar-refractivity contribution is 5.97. The molecule has 0 atom stereocenters. The maximum atomic E-state index is 11.8. The van der Waals surface area contributed by atoms with Crippen LogP contribution in [-0.4, -0.2) is 33.4 Å². The van der Waals surface area contributed by atoms with Gasteiger partial charge in [-0.05, 0) is 25.0 Å². The van der Waals surface area contributed by atoms with Crippen molar-refractivity contribution in [2.75, 3.05) is 6.54 Å². The van der Waals surface area contributed by atoms with Crippen LogP contribution in [-0.2, 0) is 0 Å². The van der Waals surface area contributed by atoms with Gasteiger partial charge in [0.05, 0.1) is 11.2 Å². The molecule has 1 amide bonds. The third-order valence-electron chi connectivity index (χ3n) is 3.34. The number of rotatable bonds is 3. The van der Waals surface area contributed by atoms with E-state index in [-0.39, 0.29) is 23.6 Å². The zero-order valence-corrected chi connectivity index (χ0v) is 10.0. The Balaban J connectivity index is 1.99. The summed E-state index contributed by atoms with van der Waals surface area (Å²) in [7, 11) is 0. The Morgan fingerprint density at radius 2 is 1.94 bits per heavy atom. The van der Waals surface area contributed by atoms with Gasteiger partial charge in [0, 0.05) is 12.6 Å². The first-order chi connectivity index (χ1) is 8.50. The Labute approximate surface area is 105 Å². The average molecular weight is 251 g/mol. The summed E-state index contributed by atoms with van der Waals surface area (Å²) in [5, 5.41) is 31.4. The largest absolute Gasteiger partial charge is 0.508 e. The van der Waals surface area contributed by atoms with Gasteiger partial charge in [-0.25, -0.2) is 0 Å². The van der Waals surface area contributed by atoms with E-state index in [2.05, 4.69) is 5.32 Å². The molecule has 0 unspecified atom stereocenters. The number of carbonyl (C=O) groups is 1. The van der Waals surface area contributed by atoms with E-state index in [0.29, 0.717) is 12.8 Å². The van der Waals surface area contributed by atoms with Crippen LogP contribution >= 0.6 is 0 Å². The molecule has 0 aromatic heterocycles. The van der Waals surface area contributed by atoms with Crippen molar-refractivity contribution >= 4 is 5.91 Å². The van der Waals surface area contributed by atoms with E-state index >= 15 is 0 Å². The van der Waals surface area contributed by atoms with Gasteiger partial charge in [0.1, 0.15) is 11.5 Å². The van der Waals surface area contributed by atoms with E-state index in [4.69, 9.17) is 5.11 Å². The Kier molecular flexibility index (Phi) is 3.43. The number of hydrogen-bond acceptors (Lipinski definition) is 4. The van der Waals surface area contributed by atoms with Crippen molar-refractivity contribution in [1.82, 2.24) is 5.32 Å². The number of phenols is 2. The monoisotopic (exact) mass is 251 g/mol. The summed E-state index contributed by atoms with van der Waals surface area (Å²) >= 11 is 0. The first-order valence-corrected chi connectivity index (χ1v) is 6.03. The van der Waals surface area contributed by atoms with Crippen molar-refractivity contribution in [3.8, 4) is 11.5 Å². The summed E-state index contributed by atoms with van der Waals surface area (Å²) in [6, 6.07) is 3.79. The molecule has 0 bridgehead atoms. The summed E-state index contributed by atoms with van der Waals surface area (Å²) in [5.41, 5.74) is -0.725. The first kappa shape index (κ1) is 12.7. The van der Waals surface area contributed by atoms with Crippen molar-refractivity contribution in [3.05, 3.63) is 23.8 Å². The fourth-order valence-electron chi connectivity index (χ4n) is 2.26. The SMILES string of the molecule is O=C(NCC1(O)CCCC1)c1ccc(O)cc1O. The van der Waals surface area contributed by atoms with E-state index in [1.807, 2.05) is 0 Å². The highest BCUT2D eigenvalue weighted by Gasteiger charge is 2.31. The maximum Gasteiger partial charge on any atom is 0.255 e. The molecule has 98 valence electrons. The van der Waals surface area contributed by atoms with Gasteiger partial charge in [0.15, 0.2) is 0 Å². The fourth-order valence-corrected chi connectivity index (χ4v) is 2.26. The van der Waals surface area contributed by atoms with Crippen LogP contribution in [0.1, 0.15) is 36.0 Å². The number of hydrogen-bond donors (Lipinski definition) is 4. The van der Waals surface area contributed by atoms with Gasteiger partial charge in [-0.1, -0.05) is 12.8 Å². The summed E-state index contributed by atoms with van der Waals surface area (Å²) < 4.78 is 0. The van der Waals surface area contributed by atoms with Gasteiger partial charge >= 0.3 is 0 Å². The van der Waals surface area contributed by atoms with Crippen LogP contribution in [0.25, 0.3) is 0 Å². The van der Waals surface area contributed by atoms with Crippen LogP contribution in [0, 0.1) is 0 Å². The van der Waals surface area contributed by atoms with Gasteiger partial charge in [-0.3, -0.25) is 4.79 Å². The second-order valence-corrected chi connectivity index (χ2v) is 4.82. The van der Waals surface area contributed by atoms with E-state index in [0.717, 1.165) is 18.9 Å². The van der Waals surface area contributed by atoms with Gasteiger partial charge in [0.25, 0.3) is 5.91 Å². The molecule has 5 nitrogen and oxygen atoms in total. The van der Waals surface area contributed by atoms with Crippen molar-refractivity contribution in [1.29, 1.82) is 0 Å². The molecule has 0 radical (unpaired) electrons. The Morgan fingerprint density at radius 1 is 1.28 bits per heavy atom. The Bertz CT molecular complexity index is 452. The van der Waals surface area contributed by atoms with E-state index in [1.54, 1.807) is 0 Å². The molecule has 1 aromatic carbocycles. The lowest BCUT2D eigenvalue weighted by Gasteiger charge is -2.22. The zero-order valence-electron chi connectivity index (χ0n) is 10.0. The molecule has 0 heterocycles. The summed E-state index contributed by atoms with van der Waals surface area (Å²) in [6.45, 7) is 0.187. The molecule has 1 aliphatic rings. The molecule has 4 N–H and O–H groups in total. The van der Waals surface area contributed by atoms with E-state index < -0.39 is 11.5 Å². The van der Waals surface area contributed by atoms with Crippen molar-refractivity contribution in [2.45, 2.75) is 31.3 Å². The van der Waals surface area contributed by atoms with Crippen molar-refractivity contribution in [2.24, 2.45) is 0 Å². The predicted octanol–water partition coefficient (Wildman–Crippen LogP) is 1.13. The molecule has 1 aliphatic carbocycles. The molecule has 1 aromatic rings. The van der Waals surface area contributed by atoms with Crippen LogP contribution in [0.4, 0.5) is 0 Å². The number of amides is 1. The summed E-state index contributed by atoms with van der Waals surface area (Å²) in [4.78, 5) is 11.8. The van der Waals surface area contributed by atoms with Crippen LogP contribution < -0.4 is 5.32 Å². The third kappa shape index (κ3) is 2.73. The molecular formula is C13H17NO4. The van der Waals surface area contributed by atoms with Crippen molar-refractivity contribution < 1.29 is 20.1 Å².